The van der Waals surface area contributed by atoms with Gasteiger partial charge in [0.1, 0.15) is 0 Å². The molecule has 1 aliphatic heterocycles. The molecule has 0 atom stereocenters. The molecule has 4 nitrogen and oxygen atoms in total. The van der Waals surface area contributed by atoms with Gasteiger partial charge in [-0.05, 0) is 52.9 Å². The highest BCUT2D eigenvalue weighted by molar-refractivity contribution is 4.99. The van der Waals surface area contributed by atoms with Crippen LogP contribution in [-0.2, 0) is 6.54 Å². The first-order valence-corrected chi connectivity index (χ1v) is 6.61. The van der Waals surface area contributed by atoms with Crippen LogP contribution in [0, 0.1) is 0 Å². The smallest absolute Gasteiger partial charge is 0.0762 e. The zero-order valence-electron chi connectivity index (χ0n) is 11.2. The number of rotatable bonds is 4. The highest BCUT2D eigenvalue weighted by Gasteiger charge is 2.16. The molecule has 1 saturated heterocycles. The Bertz CT molecular complexity index is 337. The number of nitrogens with one attached hydrogen (secondary N) is 1. The van der Waals surface area contributed by atoms with Gasteiger partial charge in [0.2, 0.25) is 0 Å². The first-order valence-electron chi connectivity index (χ1n) is 6.61. The van der Waals surface area contributed by atoms with Gasteiger partial charge in [0.05, 0.1) is 5.69 Å². The van der Waals surface area contributed by atoms with E-state index in [1.807, 2.05) is 4.68 Å². The Morgan fingerprint density at radius 1 is 1.41 bits per heavy atom. The van der Waals surface area contributed by atoms with Crippen molar-refractivity contribution in [2.75, 3.05) is 20.1 Å². The molecule has 0 amide bonds. The van der Waals surface area contributed by atoms with Crippen molar-refractivity contribution in [2.45, 2.75) is 45.3 Å². The van der Waals surface area contributed by atoms with Crippen molar-refractivity contribution in [2.24, 2.45) is 0 Å². The van der Waals surface area contributed by atoms with Crippen LogP contribution in [0.5, 0.6) is 0 Å². The molecule has 1 aromatic rings. The minimum atomic E-state index is 0.451. The number of piperidine rings is 1. The van der Waals surface area contributed by atoms with Crippen LogP contribution in [0.25, 0.3) is 0 Å². The predicted molar refractivity (Wildman–Crippen MR) is 70.0 cm³/mol. The van der Waals surface area contributed by atoms with Crippen LogP contribution < -0.4 is 5.32 Å². The van der Waals surface area contributed by atoms with Gasteiger partial charge in [-0.2, -0.15) is 5.10 Å². The van der Waals surface area contributed by atoms with Gasteiger partial charge in [-0.25, -0.2) is 0 Å². The predicted octanol–water partition coefficient (Wildman–Crippen LogP) is 1.65. The summed E-state index contributed by atoms with van der Waals surface area (Å²) in [5.74, 6) is 0. The van der Waals surface area contributed by atoms with Crippen molar-refractivity contribution in [3.8, 4) is 0 Å². The highest BCUT2D eigenvalue weighted by Crippen LogP contribution is 2.09. The van der Waals surface area contributed by atoms with E-state index in [0.717, 1.165) is 12.2 Å². The Morgan fingerprint density at radius 3 is 2.71 bits per heavy atom. The van der Waals surface area contributed by atoms with E-state index in [1.54, 1.807) is 0 Å². The summed E-state index contributed by atoms with van der Waals surface area (Å²) in [7, 11) is 2.19. The van der Waals surface area contributed by atoms with Crippen LogP contribution in [0.1, 0.15) is 38.4 Å². The minimum Gasteiger partial charge on any atom is -0.308 e. The van der Waals surface area contributed by atoms with Crippen molar-refractivity contribution in [1.82, 2.24) is 20.0 Å². The van der Waals surface area contributed by atoms with Gasteiger partial charge in [-0.3, -0.25) is 4.68 Å². The Labute approximate surface area is 104 Å². The lowest BCUT2D eigenvalue weighted by atomic mass is 10.1. The summed E-state index contributed by atoms with van der Waals surface area (Å²) in [6, 6.07) is 3.23. The van der Waals surface area contributed by atoms with Crippen LogP contribution in [0.3, 0.4) is 0 Å². The quantitative estimate of drug-likeness (QED) is 0.863. The summed E-state index contributed by atoms with van der Waals surface area (Å²) < 4.78 is 2.02. The fourth-order valence-electron chi connectivity index (χ4n) is 2.22. The summed E-state index contributed by atoms with van der Waals surface area (Å²) in [6.07, 6.45) is 4.57. The van der Waals surface area contributed by atoms with Crippen LogP contribution in [0.15, 0.2) is 12.3 Å². The molecular weight excluding hydrogens is 212 g/mol. The molecule has 2 heterocycles. The molecule has 0 unspecified atom stereocenters. The summed E-state index contributed by atoms with van der Waals surface area (Å²) in [5.41, 5.74) is 1.15. The molecule has 17 heavy (non-hydrogen) atoms. The van der Waals surface area contributed by atoms with Gasteiger partial charge >= 0.3 is 0 Å². The Morgan fingerprint density at radius 2 is 2.12 bits per heavy atom. The average Bonchev–Trinajstić information content (AvgIpc) is 2.77. The van der Waals surface area contributed by atoms with Gasteiger partial charge in [-0.15, -0.1) is 0 Å². The van der Waals surface area contributed by atoms with Crippen molar-refractivity contribution >= 4 is 0 Å². The van der Waals surface area contributed by atoms with Crippen LogP contribution in [-0.4, -0.2) is 40.9 Å². The molecule has 4 heteroatoms. The number of nitrogens with zero attached hydrogens (tertiary/aromatic N) is 3. The largest absolute Gasteiger partial charge is 0.308 e. The van der Waals surface area contributed by atoms with Crippen molar-refractivity contribution in [1.29, 1.82) is 0 Å². The lowest BCUT2D eigenvalue weighted by molar-refractivity contribution is 0.233. The minimum absolute atomic E-state index is 0.451. The molecule has 0 bridgehead atoms. The van der Waals surface area contributed by atoms with Gasteiger partial charge in [0.25, 0.3) is 0 Å². The van der Waals surface area contributed by atoms with Gasteiger partial charge in [0, 0.05) is 24.8 Å². The van der Waals surface area contributed by atoms with Crippen LogP contribution >= 0.6 is 0 Å². The molecule has 1 aromatic heterocycles. The molecule has 2 rings (SSSR count). The highest BCUT2D eigenvalue weighted by atomic mass is 15.3. The van der Waals surface area contributed by atoms with Crippen LogP contribution in [0.2, 0.25) is 0 Å². The molecular formula is C13H24N4. The van der Waals surface area contributed by atoms with E-state index >= 15 is 0 Å². The van der Waals surface area contributed by atoms with E-state index in [-0.39, 0.29) is 0 Å². The van der Waals surface area contributed by atoms with Gasteiger partial charge < -0.3 is 10.2 Å². The summed E-state index contributed by atoms with van der Waals surface area (Å²) in [5, 5.41) is 8.16. The lowest BCUT2D eigenvalue weighted by Gasteiger charge is -2.29. The van der Waals surface area contributed by atoms with E-state index < -0.39 is 0 Å². The molecule has 0 saturated carbocycles. The van der Waals surface area contributed by atoms with Crippen molar-refractivity contribution in [3.05, 3.63) is 18.0 Å². The van der Waals surface area contributed by atoms with Gasteiger partial charge in [0.15, 0.2) is 0 Å². The second kappa shape index (κ2) is 5.65. The molecule has 0 radical (unpaired) electrons. The van der Waals surface area contributed by atoms with E-state index in [2.05, 4.69) is 48.5 Å². The molecule has 0 aromatic carbocycles. The van der Waals surface area contributed by atoms with Crippen molar-refractivity contribution < 1.29 is 0 Å². The zero-order chi connectivity index (χ0) is 12.3. The second-order valence-corrected chi connectivity index (χ2v) is 5.34. The number of hydrogen-bond donors (Lipinski definition) is 1. The third kappa shape index (κ3) is 3.54. The molecule has 1 fully saturated rings. The summed E-state index contributed by atoms with van der Waals surface area (Å²) >= 11 is 0. The van der Waals surface area contributed by atoms with Gasteiger partial charge in [-0.1, -0.05) is 0 Å². The summed E-state index contributed by atoms with van der Waals surface area (Å²) in [4.78, 5) is 2.39. The number of aromatic nitrogens is 2. The Balaban J connectivity index is 1.77. The topological polar surface area (TPSA) is 33.1 Å². The Hall–Kier alpha value is -0.870. The first kappa shape index (κ1) is 12.6. The maximum atomic E-state index is 4.55. The third-order valence-electron chi connectivity index (χ3n) is 3.48. The Kier molecular flexibility index (Phi) is 4.18. The van der Waals surface area contributed by atoms with E-state index in [9.17, 15) is 0 Å². The van der Waals surface area contributed by atoms with E-state index in [4.69, 9.17) is 0 Å². The van der Waals surface area contributed by atoms with Crippen LogP contribution in [0.4, 0.5) is 0 Å². The normalized spacial score (nSPS) is 19.1. The van der Waals surface area contributed by atoms with E-state index in [0.29, 0.717) is 12.1 Å². The number of hydrogen-bond acceptors (Lipinski definition) is 3. The molecule has 0 spiro atoms. The van der Waals surface area contributed by atoms with Crippen molar-refractivity contribution in [3.63, 3.8) is 0 Å². The monoisotopic (exact) mass is 236 g/mol. The lowest BCUT2D eigenvalue weighted by Crippen LogP contribution is -2.40. The summed E-state index contributed by atoms with van der Waals surface area (Å²) in [6.45, 7) is 7.62. The fourth-order valence-corrected chi connectivity index (χ4v) is 2.22. The first-order chi connectivity index (χ1) is 8.15. The maximum absolute atomic E-state index is 4.55. The zero-order valence-corrected chi connectivity index (χ0v) is 11.2. The van der Waals surface area contributed by atoms with E-state index in [1.165, 1.54) is 25.9 Å². The maximum Gasteiger partial charge on any atom is 0.0762 e. The number of likely N-dealkylation sites (tertiary alicyclic amines) is 1. The fraction of sp³-hybridized carbons (Fsp3) is 0.769. The second-order valence-electron chi connectivity index (χ2n) is 5.34. The molecule has 1 aliphatic rings. The SMILES string of the molecule is CC(C)n1ccc(CNC2CCN(C)CC2)n1. The standard InChI is InChI=1S/C13H24N4/c1-11(2)17-9-6-13(15-17)10-14-12-4-7-16(3)8-5-12/h6,9,11-12,14H,4-5,7-8,10H2,1-3H3. The average molecular weight is 236 g/mol. The molecule has 96 valence electrons. The molecule has 1 N–H and O–H groups in total. The molecule has 0 aliphatic carbocycles. The third-order valence-corrected chi connectivity index (χ3v) is 3.48.